The topological polar surface area (TPSA) is 38.3 Å². The number of rotatable bonds is 5. The summed E-state index contributed by atoms with van der Waals surface area (Å²) in [5.41, 5.74) is 1.85. The van der Waals surface area contributed by atoms with Crippen LogP contribution in [0.15, 0.2) is 36.6 Å². The number of benzene rings is 1. The maximum Gasteiger partial charge on any atom is 0.354 e. The molecule has 0 saturated heterocycles. The first-order valence-electron chi connectivity index (χ1n) is 6.01. The van der Waals surface area contributed by atoms with Gasteiger partial charge in [0.25, 0.3) is 0 Å². The van der Waals surface area contributed by atoms with Crippen LogP contribution >= 0.6 is 0 Å². The Bertz CT molecular complexity index is 521. The van der Waals surface area contributed by atoms with Gasteiger partial charge >= 0.3 is 5.97 Å². The van der Waals surface area contributed by atoms with Crippen molar-refractivity contribution in [3.05, 3.63) is 53.5 Å². The molecule has 1 aromatic carbocycles. The first kappa shape index (κ1) is 15.0. The first-order chi connectivity index (χ1) is 8.99. The number of hydrogen-bond acceptors (Lipinski definition) is 3. The second kappa shape index (κ2) is 6.73. The molecule has 1 N–H and O–H groups in total. The van der Waals surface area contributed by atoms with Gasteiger partial charge in [0.15, 0.2) is 0 Å². The number of allylic oxidation sites excluding steroid dienone is 2. The molecule has 0 aromatic heterocycles. The number of halogens is 1. The number of carbonyl (C=O) groups excluding carboxylic acids is 1. The molecule has 1 rings (SSSR count). The lowest BCUT2D eigenvalue weighted by Gasteiger charge is -2.08. The van der Waals surface area contributed by atoms with Crippen LogP contribution < -0.4 is 5.32 Å². The summed E-state index contributed by atoms with van der Waals surface area (Å²) < 4.78 is 18.7. The predicted octanol–water partition coefficient (Wildman–Crippen LogP) is 2.81. The molecule has 0 unspecified atom stereocenters. The Morgan fingerprint density at radius 2 is 2.21 bits per heavy atom. The van der Waals surface area contributed by atoms with E-state index in [4.69, 9.17) is 4.74 Å². The molecule has 0 radical (unpaired) electrons. The van der Waals surface area contributed by atoms with Crippen LogP contribution in [0.25, 0.3) is 5.57 Å². The number of nitrogens with one attached hydrogen (secondary N) is 1. The highest BCUT2D eigenvalue weighted by atomic mass is 19.1. The van der Waals surface area contributed by atoms with Crippen molar-refractivity contribution in [1.29, 1.82) is 0 Å². The molecule has 0 fully saturated rings. The molecule has 3 nitrogen and oxygen atoms in total. The fraction of sp³-hybridized carbons (Fsp3) is 0.267. The lowest BCUT2D eigenvalue weighted by atomic mass is 10.0. The zero-order valence-electron chi connectivity index (χ0n) is 11.4. The molecule has 0 amide bonds. The van der Waals surface area contributed by atoms with E-state index in [1.54, 1.807) is 26.1 Å². The molecular formula is C15H18FNO2. The van der Waals surface area contributed by atoms with E-state index in [0.717, 1.165) is 5.56 Å². The molecule has 0 atom stereocenters. The molecule has 1 aromatic rings. The highest BCUT2D eigenvalue weighted by Crippen LogP contribution is 2.20. The molecule has 4 heteroatoms. The monoisotopic (exact) mass is 263 g/mol. The second-order valence-electron chi connectivity index (χ2n) is 4.04. The number of carbonyl (C=O) groups is 1. The van der Waals surface area contributed by atoms with Crippen LogP contribution in [-0.2, 0) is 9.53 Å². The summed E-state index contributed by atoms with van der Waals surface area (Å²) in [5, 5.41) is 2.72. The molecule has 0 aliphatic rings. The molecule has 0 aliphatic heterocycles. The molecule has 0 spiro atoms. The fourth-order valence-corrected chi connectivity index (χ4v) is 1.57. The molecule has 102 valence electrons. The zero-order valence-corrected chi connectivity index (χ0v) is 11.4. The van der Waals surface area contributed by atoms with E-state index < -0.39 is 5.97 Å². The summed E-state index contributed by atoms with van der Waals surface area (Å²) >= 11 is 0. The van der Waals surface area contributed by atoms with Gasteiger partial charge in [-0.15, -0.1) is 0 Å². The average molecular weight is 263 g/mol. The van der Waals surface area contributed by atoms with Crippen LogP contribution in [0.1, 0.15) is 18.1 Å². The van der Waals surface area contributed by atoms with Crippen molar-refractivity contribution in [1.82, 2.24) is 5.32 Å². The first-order valence-corrected chi connectivity index (χ1v) is 6.01. The molecule has 19 heavy (non-hydrogen) atoms. The molecule has 0 aliphatic carbocycles. The van der Waals surface area contributed by atoms with Gasteiger partial charge < -0.3 is 10.1 Å². The lowest BCUT2D eigenvalue weighted by molar-refractivity contribution is -0.138. The van der Waals surface area contributed by atoms with Crippen molar-refractivity contribution in [2.45, 2.75) is 13.8 Å². The Morgan fingerprint density at radius 1 is 1.53 bits per heavy atom. The summed E-state index contributed by atoms with van der Waals surface area (Å²) in [5.74, 6) is -0.848. The minimum atomic E-state index is -0.487. The predicted molar refractivity (Wildman–Crippen MR) is 73.9 cm³/mol. The Balaban J connectivity index is 3.01. The summed E-state index contributed by atoms with van der Waals surface area (Å²) in [6, 6.07) is 4.86. The smallest absolute Gasteiger partial charge is 0.354 e. The third kappa shape index (κ3) is 3.95. The Hall–Kier alpha value is -2.10. The highest BCUT2D eigenvalue weighted by Gasteiger charge is 2.11. The van der Waals surface area contributed by atoms with E-state index in [2.05, 4.69) is 11.9 Å². The van der Waals surface area contributed by atoms with Crippen molar-refractivity contribution in [3.63, 3.8) is 0 Å². The third-order valence-corrected chi connectivity index (χ3v) is 2.55. The third-order valence-electron chi connectivity index (χ3n) is 2.55. The van der Waals surface area contributed by atoms with Crippen LogP contribution in [0, 0.1) is 12.7 Å². The number of likely N-dealkylation sites (N-methyl/N-ethyl adjacent to an activating group) is 1. The van der Waals surface area contributed by atoms with E-state index >= 15 is 0 Å². The van der Waals surface area contributed by atoms with Gasteiger partial charge in [-0.25, -0.2) is 9.18 Å². The largest absolute Gasteiger partial charge is 0.461 e. The minimum Gasteiger partial charge on any atom is -0.461 e. The quantitative estimate of drug-likeness (QED) is 0.504. The van der Waals surface area contributed by atoms with Gasteiger partial charge in [0.05, 0.1) is 6.61 Å². The number of hydrogen-bond donors (Lipinski definition) is 1. The second-order valence-corrected chi connectivity index (χ2v) is 4.04. The summed E-state index contributed by atoms with van der Waals surface area (Å²) in [7, 11) is 1.60. The number of aryl methyl sites for hydroxylation is 1. The zero-order chi connectivity index (χ0) is 14.4. The summed E-state index contributed by atoms with van der Waals surface area (Å²) in [6.07, 6.45) is 1.48. The summed E-state index contributed by atoms with van der Waals surface area (Å²) in [6.45, 7) is 7.59. The molecule has 0 saturated carbocycles. The van der Waals surface area contributed by atoms with E-state index in [1.807, 2.05) is 6.92 Å². The minimum absolute atomic E-state index is 0.242. The van der Waals surface area contributed by atoms with Gasteiger partial charge in [-0.2, -0.15) is 0 Å². The highest BCUT2D eigenvalue weighted by molar-refractivity contribution is 5.91. The van der Waals surface area contributed by atoms with E-state index in [0.29, 0.717) is 11.1 Å². The fourth-order valence-electron chi connectivity index (χ4n) is 1.57. The van der Waals surface area contributed by atoms with Gasteiger partial charge in [0.2, 0.25) is 0 Å². The van der Waals surface area contributed by atoms with Crippen molar-refractivity contribution >= 4 is 11.5 Å². The Labute approximate surface area is 112 Å². The number of esters is 1. The van der Waals surface area contributed by atoms with E-state index in [9.17, 15) is 9.18 Å². The Kier molecular flexibility index (Phi) is 5.30. The molecular weight excluding hydrogens is 245 g/mol. The molecule has 0 bridgehead atoms. The van der Waals surface area contributed by atoms with E-state index in [-0.39, 0.29) is 18.1 Å². The normalized spacial score (nSPS) is 11.1. The van der Waals surface area contributed by atoms with Crippen LogP contribution in [0.2, 0.25) is 0 Å². The number of ether oxygens (including phenoxy) is 1. The molecule has 0 heterocycles. The van der Waals surface area contributed by atoms with Crippen molar-refractivity contribution in [2.75, 3.05) is 13.7 Å². The average Bonchev–Trinajstić information content (AvgIpc) is 2.35. The van der Waals surface area contributed by atoms with Crippen molar-refractivity contribution in [3.8, 4) is 0 Å². The van der Waals surface area contributed by atoms with Gasteiger partial charge in [-0.3, -0.25) is 0 Å². The lowest BCUT2D eigenvalue weighted by Crippen LogP contribution is -2.18. The SMILES string of the molecule is C=C(/C=C(\NC)C(=O)OCC)c1ccc(C)cc1F. The van der Waals surface area contributed by atoms with Crippen LogP contribution in [0.3, 0.4) is 0 Å². The van der Waals surface area contributed by atoms with Crippen LogP contribution in [0.4, 0.5) is 4.39 Å². The van der Waals surface area contributed by atoms with Crippen molar-refractivity contribution < 1.29 is 13.9 Å². The van der Waals surface area contributed by atoms with Crippen LogP contribution in [0.5, 0.6) is 0 Å². The van der Waals surface area contributed by atoms with Gasteiger partial charge in [0, 0.05) is 12.6 Å². The van der Waals surface area contributed by atoms with Gasteiger partial charge in [-0.1, -0.05) is 18.7 Å². The summed E-state index contributed by atoms with van der Waals surface area (Å²) in [4.78, 5) is 11.6. The maximum atomic E-state index is 13.8. The maximum absolute atomic E-state index is 13.8. The standard InChI is InChI=1S/C15H18FNO2/c1-5-19-15(18)14(17-4)9-11(3)12-7-6-10(2)8-13(12)16/h6-9,17H,3,5H2,1-2,4H3/b14-9-. The van der Waals surface area contributed by atoms with Gasteiger partial charge in [0.1, 0.15) is 11.5 Å². The Morgan fingerprint density at radius 3 is 2.74 bits per heavy atom. The van der Waals surface area contributed by atoms with E-state index in [1.165, 1.54) is 12.1 Å². The van der Waals surface area contributed by atoms with Crippen molar-refractivity contribution in [2.24, 2.45) is 0 Å². The van der Waals surface area contributed by atoms with Crippen LogP contribution in [-0.4, -0.2) is 19.6 Å². The van der Waals surface area contributed by atoms with Gasteiger partial charge in [-0.05, 0) is 37.1 Å².